The van der Waals surface area contributed by atoms with Crippen molar-refractivity contribution in [2.45, 2.75) is 12.7 Å². The highest BCUT2D eigenvalue weighted by Gasteiger charge is 2.32. The van der Waals surface area contributed by atoms with Crippen LogP contribution in [0.4, 0.5) is 13.2 Å². The molecule has 0 aliphatic carbocycles. The van der Waals surface area contributed by atoms with Crippen LogP contribution in [-0.2, 0) is 12.7 Å². The van der Waals surface area contributed by atoms with Gasteiger partial charge in [0.05, 0.1) is 0 Å². The molecule has 0 saturated carbocycles. The maximum absolute atomic E-state index is 12.0. The van der Waals surface area contributed by atoms with E-state index in [2.05, 4.69) is 4.98 Å². The first-order chi connectivity index (χ1) is 6.39. The van der Waals surface area contributed by atoms with Crippen molar-refractivity contribution in [3.63, 3.8) is 0 Å². The fourth-order valence-electron chi connectivity index (χ4n) is 0.835. The summed E-state index contributed by atoms with van der Waals surface area (Å²) in [5.41, 5.74) is -0.910. The van der Waals surface area contributed by atoms with Crippen molar-refractivity contribution in [2.75, 3.05) is 0 Å². The quantitative estimate of drug-likeness (QED) is 0.548. The number of rotatable bonds is 2. The van der Waals surface area contributed by atoms with E-state index in [0.717, 1.165) is 18.3 Å². The predicted molar refractivity (Wildman–Crippen MR) is 39.9 cm³/mol. The summed E-state index contributed by atoms with van der Waals surface area (Å²) in [5.74, 6) is 0. The third-order valence-electron chi connectivity index (χ3n) is 1.43. The van der Waals surface area contributed by atoms with Gasteiger partial charge in [-0.1, -0.05) is 0 Å². The molecule has 1 heterocycles. The van der Waals surface area contributed by atoms with Crippen LogP contribution in [0, 0.1) is 10.1 Å². The molecule has 4 nitrogen and oxygen atoms in total. The molecule has 14 heavy (non-hydrogen) atoms. The number of alkyl halides is 3. The summed E-state index contributed by atoms with van der Waals surface area (Å²) in [6, 6.07) is 1.76. The zero-order valence-corrected chi connectivity index (χ0v) is 6.78. The zero-order chi connectivity index (χ0) is 10.8. The van der Waals surface area contributed by atoms with Crippen LogP contribution >= 0.6 is 0 Å². The first-order valence-corrected chi connectivity index (χ1v) is 3.53. The van der Waals surface area contributed by atoms with Gasteiger partial charge in [-0.2, -0.15) is 13.2 Å². The Morgan fingerprint density at radius 1 is 1.43 bits per heavy atom. The summed E-state index contributed by atoms with van der Waals surface area (Å²) in [5, 5.41) is 10.0. The molecule has 0 radical (unpaired) electrons. The second-order valence-electron chi connectivity index (χ2n) is 2.54. The van der Waals surface area contributed by atoms with Gasteiger partial charge in [-0.05, 0) is 12.1 Å². The Morgan fingerprint density at radius 2 is 2.07 bits per heavy atom. The molecule has 0 aliphatic heterocycles. The average molecular weight is 206 g/mol. The Morgan fingerprint density at radius 3 is 2.43 bits per heavy atom. The lowest BCUT2D eigenvalue weighted by Crippen LogP contribution is -2.08. The van der Waals surface area contributed by atoms with Crippen molar-refractivity contribution in [1.82, 2.24) is 4.98 Å². The molecular weight excluding hydrogens is 201 g/mol. The smallest absolute Gasteiger partial charge is 0.264 e. The summed E-state index contributed by atoms with van der Waals surface area (Å²) < 4.78 is 36.0. The van der Waals surface area contributed by atoms with E-state index >= 15 is 0 Å². The van der Waals surface area contributed by atoms with Crippen molar-refractivity contribution in [3.8, 4) is 0 Å². The van der Waals surface area contributed by atoms with Crippen LogP contribution < -0.4 is 0 Å². The molecule has 0 unspecified atom stereocenters. The Kier molecular flexibility index (Phi) is 2.68. The third kappa shape index (κ3) is 2.68. The van der Waals surface area contributed by atoms with Crippen LogP contribution in [-0.4, -0.2) is 9.91 Å². The molecule has 0 fully saturated rings. The molecule has 0 aliphatic rings. The van der Waals surface area contributed by atoms with E-state index in [-0.39, 0.29) is 5.56 Å². The van der Waals surface area contributed by atoms with Crippen LogP contribution in [0.3, 0.4) is 0 Å². The van der Waals surface area contributed by atoms with Crippen molar-refractivity contribution in [1.29, 1.82) is 0 Å². The summed E-state index contributed by atoms with van der Waals surface area (Å²) in [6.07, 6.45) is -3.65. The second-order valence-corrected chi connectivity index (χ2v) is 2.54. The van der Waals surface area contributed by atoms with Gasteiger partial charge in [0.15, 0.2) is 0 Å². The second kappa shape index (κ2) is 3.60. The first kappa shape index (κ1) is 10.4. The number of aromatic nitrogens is 1. The van der Waals surface area contributed by atoms with Gasteiger partial charge in [0.1, 0.15) is 5.69 Å². The molecule has 0 saturated heterocycles. The molecule has 7 heteroatoms. The van der Waals surface area contributed by atoms with Crippen molar-refractivity contribution < 1.29 is 18.1 Å². The normalized spacial score (nSPS) is 11.4. The molecule has 1 rings (SSSR count). The van der Waals surface area contributed by atoms with E-state index in [1.807, 2.05) is 0 Å². The maximum atomic E-state index is 12.0. The SMILES string of the molecule is O=[N+]([O-])Cc1ccc(C(F)(F)F)nc1. The highest BCUT2D eigenvalue weighted by molar-refractivity contribution is 5.15. The van der Waals surface area contributed by atoms with Gasteiger partial charge in [-0.15, -0.1) is 0 Å². The van der Waals surface area contributed by atoms with E-state index in [4.69, 9.17) is 0 Å². The van der Waals surface area contributed by atoms with Crippen molar-refractivity contribution >= 4 is 0 Å². The minimum atomic E-state index is -4.51. The maximum Gasteiger partial charge on any atom is 0.433 e. The molecule has 0 N–H and O–H groups in total. The number of hydrogen-bond acceptors (Lipinski definition) is 3. The van der Waals surface area contributed by atoms with Crippen molar-refractivity contribution in [2.24, 2.45) is 0 Å². The molecule has 0 amide bonds. The largest absolute Gasteiger partial charge is 0.433 e. The number of halogens is 3. The highest BCUT2D eigenvalue weighted by atomic mass is 19.4. The Hall–Kier alpha value is -1.66. The molecule has 1 aromatic heterocycles. The lowest BCUT2D eigenvalue weighted by molar-refractivity contribution is -0.496. The standard InChI is InChI=1S/C7H5F3N2O2/c8-7(9,10)6-2-1-5(3-11-6)4-12(13)14/h1-3H,4H2. The van der Waals surface area contributed by atoms with Gasteiger partial charge in [-0.3, -0.25) is 15.1 Å². The van der Waals surface area contributed by atoms with Crippen LogP contribution in [0.1, 0.15) is 11.3 Å². The fraction of sp³-hybridized carbons (Fsp3) is 0.286. The van der Waals surface area contributed by atoms with Crippen LogP contribution in [0.15, 0.2) is 18.3 Å². The molecule has 0 spiro atoms. The van der Waals surface area contributed by atoms with Gasteiger partial charge in [0.25, 0.3) is 0 Å². The number of nitro groups is 1. The van der Waals surface area contributed by atoms with Crippen LogP contribution in [0.5, 0.6) is 0 Å². The lowest BCUT2D eigenvalue weighted by atomic mass is 10.2. The minimum Gasteiger partial charge on any atom is -0.264 e. The molecule has 0 bridgehead atoms. The van der Waals surface area contributed by atoms with E-state index < -0.39 is 23.3 Å². The minimum absolute atomic E-state index is 0.142. The average Bonchev–Trinajstić information content (AvgIpc) is 2.02. The van der Waals surface area contributed by atoms with E-state index in [1.165, 1.54) is 0 Å². The van der Waals surface area contributed by atoms with Gasteiger partial charge in [0.2, 0.25) is 6.54 Å². The van der Waals surface area contributed by atoms with Crippen molar-refractivity contribution in [3.05, 3.63) is 39.7 Å². The summed E-state index contributed by atoms with van der Waals surface area (Å²) in [7, 11) is 0. The molecule has 0 aromatic carbocycles. The predicted octanol–water partition coefficient (Wildman–Crippen LogP) is 1.88. The Labute approximate surface area is 76.5 Å². The van der Waals surface area contributed by atoms with Crippen LogP contribution in [0.25, 0.3) is 0 Å². The van der Waals surface area contributed by atoms with E-state index in [1.54, 1.807) is 0 Å². The number of hydrogen-bond donors (Lipinski definition) is 0. The zero-order valence-electron chi connectivity index (χ0n) is 6.78. The van der Waals surface area contributed by atoms with E-state index in [9.17, 15) is 23.3 Å². The van der Waals surface area contributed by atoms with Gasteiger partial charge in [-0.25, -0.2) is 0 Å². The summed E-state index contributed by atoms with van der Waals surface area (Å²) in [4.78, 5) is 12.4. The molecule has 76 valence electrons. The van der Waals surface area contributed by atoms with E-state index in [0.29, 0.717) is 0 Å². The molecule has 0 atom stereocenters. The lowest BCUT2D eigenvalue weighted by Gasteiger charge is -2.04. The monoisotopic (exact) mass is 206 g/mol. The third-order valence-corrected chi connectivity index (χ3v) is 1.43. The summed E-state index contributed by atoms with van der Waals surface area (Å²) in [6.45, 7) is -0.523. The topological polar surface area (TPSA) is 56.0 Å². The Balaban J connectivity index is 2.84. The summed E-state index contributed by atoms with van der Waals surface area (Å²) >= 11 is 0. The number of nitrogens with zero attached hydrogens (tertiary/aromatic N) is 2. The fourth-order valence-corrected chi connectivity index (χ4v) is 0.835. The molecule has 1 aromatic rings. The van der Waals surface area contributed by atoms with Gasteiger partial charge >= 0.3 is 6.18 Å². The van der Waals surface area contributed by atoms with Gasteiger partial charge < -0.3 is 0 Å². The van der Waals surface area contributed by atoms with Gasteiger partial charge in [0, 0.05) is 16.7 Å². The van der Waals surface area contributed by atoms with Crippen LogP contribution in [0.2, 0.25) is 0 Å². The Bertz CT molecular complexity index is 334. The highest BCUT2D eigenvalue weighted by Crippen LogP contribution is 2.27. The number of pyridine rings is 1. The molecular formula is C7H5F3N2O2. The first-order valence-electron chi connectivity index (χ1n) is 3.53.